The van der Waals surface area contributed by atoms with Crippen LogP contribution in [0.1, 0.15) is 49.5 Å². The Morgan fingerprint density at radius 2 is 1.85 bits per heavy atom. The van der Waals surface area contributed by atoms with Gasteiger partial charge >= 0.3 is 0 Å². The third kappa shape index (κ3) is 3.97. The van der Waals surface area contributed by atoms with Crippen molar-refractivity contribution in [2.75, 3.05) is 32.9 Å². The second-order valence-electron chi connectivity index (χ2n) is 8.99. The van der Waals surface area contributed by atoms with Crippen molar-refractivity contribution in [1.29, 1.82) is 0 Å². The van der Waals surface area contributed by atoms with Crippen LogP contribution in [0.5, 0.6) is 11.5 Å². The number of ether oxygens (including phenoxy) is 3. The average molecular weight is 453 g/mol. The number of H-pyrrole nitrogens is 1. The van der Waals surface area contributed by atoms with E-state index in [1.54, 1.807) is 0 Å². The number of hydrogen-bond donors (Lipinski definition) is 1. The van der Waals surface area contributed by atoms with Gasteiger partial charge in [0.15, 0.2) is 17.3 Å². The molecule has 10 heteroatoms. The normalized spacial score (nSPS) is 22.0. The van der Waals surface area contributed by atoms with Crippen molar-refractivity contribution >= 4 is 10.9 Å². The second kappa shape index (κ2) is 8.75. The number of fused-ring (bicyclic) bond motifs is 2. The minimum absolute atomic E-state index is 0.104. The fourth-order valence-corrected chi connectivity index (χ4v) is 5.16. The number of aromatic amines is 1. The maximum atomic E-state index is 13.4. The van der Waals surface area contributed by atoms with E-state index in [0.717, 1.165) is 56.3 Å². The Balaban J connectivity index is 1.44. The molecule has 0 aliphatic carbocycles. The molecule has 2 saturated heterocycles. The molecular weight excluding hydrogens is 424 g/mol. The van der Waals surface area contributed by atoms with Crippen molar-refractivity contribution in [3.05, 3.63) is 39.9 Å². The van der Waals surface area contributed by atoms with Crippen LogP contribution >= 0.6 is 0 Å². The lowest BCUT2D eigenvalue weighted by molar-refractivity contribution is 0.0902. The number of aromatic nitrogens is 5. The summed E-state index contributed by atoms with van der Waals surface area (Å²) in [5, 5.41) is 13.6. The molecule has 6 rings (SSSR count). The molecule has 2 atom stereocenters. The zero-order chi connectivity index (χ0) is 22.2. The average Bonchev–Trinajstić information content (AvgIpc) is 3.52. The zero-order valence-corrected chi connectivity index (χ0v) is 18.5. The Morgan fingerprint density at radius 1 is 1.03 bits per heavy atom. The summed E-state index contributed by atoms with van der Waals surface area (Å²) in [6, 6.07) is 5.40. The minimum atomic E-state index is -0.331. The Morgan fingerprint density at radius 3 is 2.64 bits per heavy atom. The number of tetrazole rings is 1. The molecule has 0 saturated carbocycles. The third-order valence-corrected chi connectivity index (χ3v) is 6.79. The molecule has 10 nitrogen and oxygen atoms in total. The van der Waals surface area contributed by atoms with E-state index >= 15 is 0 Å². The minimum Gasteiger partial charge on any atom is -0.486 e. The van der Waals surface area contributed by atoms with Gasteiger partial charge in [-0.1, -0.05) is 6.42 Å². The van der Waals surface area contributed by atoms with Gasteiger partial charge in [-0.3, -0.25) is 9.69 Å². The molecule has 0 amide bonds. The molecule has 3 aromatic rings. The van der Waals surface area contributed by atoms with Crippen molar-refractivity contribution in [1.82, 2.24) is 30.1 Å². The molecule has 1 N–H and O–H groups in total. The number of likely N-dealkylation sites (tertiary alicyclic amines) is 1. The van der Waals surface area contributed by atoms with Crippen LogP contribution in [0, 0.1) is 0 Å². The first kappa shape index (κ1) is 20.6. The maximum absolute atomic E-state index is 13.4. The molecule has 174 valence electrons. The lowest BCUT2D eigenvalue weighted by Crippen LogP contribution is -2.39. The van der Waals surface area contributed by atoms with E-state index in [2.05, 4.69) is 25.4 Å². The summed E-state index contributed by atoms with van der Waals surface area (Å²) in [4.78, 5) is 18.8. The number of benzene rings is 1. The highest BCUT2D eigenvalue weighted by Gasteiger charge is 2.32. The lowest BCUT2D eigenvalue weighted by Gasteiger charge is -2.33. The number of nitrogens with zero attached hydrogens (tertiary/aromatic N) is 5. The van der Waals surface area contributed by atoms with Crippen molar-refractivity contribution < 1.29 is 14.2 Å². The second-order valence-corrected chi connectivity index (χ2v) is 8.99. The number of hydrogen-bond acceptors (Lipinski definition) is 8. The van der Waals surface area contributed by atoms with Gasteiger partial charge in [-0.2, -0.15) is 0 Å². The Kier molecular flexibility index (Phi) is 5.47. The highest BCUT2D eigenvalue weighted by Crippen LogP contribution is 2.35. The van der Waals surface area contributed by atoms with Gasteiger partial charge in [-0.15, -0.1) is 5.10 Å². The SMILES string of the molecule is O=c1[nH]c2cc3c(cc2cc1[C@@H](c1nnnn1C[C@H]1CCCO1)N1CCCCC1)OCCO3. The van der Waals surface area contributed by atoms with E-state index in [9.17, 15) is 4.79 Å². The van der Waals surface area contributed by atoms with Gasteiger partial charge in [0.2, 0.25) is 0 Å². The molecule has 0 bridgehead atoms. The smallest absolute Gasteiger partial charge is 0.253 e. The number of piperidine rings is 1. The van der Waals surface area contributed by atoms with Crippen LogP contribution in [0.3, 0.4) is 0 Å². The Labute approximate surface area is 190 Å². The zero-order valence-electron chi connectivity index (χ0n) is 18.5. The highest BCUT2D eigenvalue weighted by molar-refractivity contribution is 5.83. The Hall–Kier alpha value is -2.98. The summed E-state index contributed by atoms with van der Waals surface area (Å²) < 4.78 is 19.1. The third-order valence-electron chi connectivity index (χ3n) is 6.79. The largest absolute Gasteiger partial charge is 0.486 e. The van der Waals surface area contributed by atoms with Crippen LogP contribution in [0.2, 0.25) is 0 Å². The summed E-state index contributed by atoms with van der Waals surface area (Å²) in [6.45, 7) is 4.19. The molecule has 0 unspecified atom stereocenters. The quantitative estimate of drug-likeness (QED) is 0.627. The predicted octanol–water partition coefficient (Wildman–Crippen LogP) is 2.04. The number of nitrogens with one attached hydrogen (secondary N) is 1. The first-order valence-corrected chi connectivity index (χ1v) is 11.8. The van der Waals surface area contributed by atoms with E-state index in [1.807, 2.05) is 22.9 Å². The number of rotatable bonds is 5. The lowest BCUT2D eigenvalue weighted by atomic mass is 10.00. The van der Waals surface area contributed by atoms with E-state index in [1.165, 1.54) is 6.42 Å². The summed E-state index contributed by atoms with van der Waals surface area (Å²) in [5.41, 5.74) is 1.23. The summed E-state index contributed by atoms with van der Waals surface area (Å²) in [7, 11) is 0. The van der Waals surface area contributed by atoms with Crippen molar-refractivity contribution in [2.24, 2.45) is 0 Å². The fraction of sp³-hybridized carbons (Fsp3) is 0.565. The topological polar surface area (TPSA) is 107 Å². The molecule has 2 aromatic heterocycles. The molecule has 3 aliphatic heterocycles. The summed E-state index contributed by atoms with van der Waals surface area (Å²) in [5.74, 6) is 2.05. The molecule has 1 aromatic carbocycles. The van der Waals surface area contributed by atoms with Gasteiger partial charge < -0.3 is 19.2 Å². The molecular formula is C23H28N6O4. The highest BCUT2D eigenvalue weighted by atomic mass is 16.6. The number of pyridine rings is 1. The van der Waals surface area contributed by atoms with Gasteiger partial charge in [0.05, 0.1) is 18.2 Å². The summed E-state index contributed by atoms with van der Waals surface area (Å²) in [6.07, 6.45) is 5.53. The van der Waals surface area contributed by atoms with Gasteiger partial charge in [0, 0.05) is 23.6 Å². The molecule has 5 heterocycles. The van der Waals surface area contributed by atoms with E-state index in [0.29, 0.717) is 42.6 Å². The fourth-order valence-electron chi connectivity index (χ4n) is 5.16. The van der Waals surface area contributed by atoms with Gasteiger partial charge in [-0.05, 0) is 61.3 Å². The van der Waals surface area contributed by atoms with E-state index < -0.39 is 0 Å². The Bertz CT molecular complexity index is 1200. The first-order valence-electron chi connectivity index (χ1n) is 11.8. The standard InChI is InChI=1S/C23H28N6O4/c30-23-17(11-15-12-19-20(13-18(15)24-23)33-10-9-32-19)21(28-6-2-1-3-7-28)22-25-26-27-29(22)14-16-5-4-8-31-16/h11-13,16,21H,1-10,14H2,(H,24,30)/t16-,21+/m1/s1. The molecule has 3 aliphatic rings. The van der Waals surface area contributed by atoms with Crippen molar-refractivity contribution in [3.8, 4) is 11.5 Å². The molecule has 0 spiro atoms. The van der Waals surface area contributed by atoms with Crippen molar-refractivity contribution in [3.63, 3.8) is 0 Å². The van der Waals surface area contributed by atoms with Gasteiger partial charge in [0.1, 0.15) is 19.3 Å². The van der Waals surface area contributed by atoms with E-state index in [4.69, 9.17) is 14.2 Å². The van der Waals surface area contributed by atoms with Gasteiger partial charge in [-0.25, -0.2) is 4.68 Å². The van der Waals surface area contributed by atoms with Crippen molar-refractivity contribution in [2.45, 2.75) is 50.8 Å². The molecule has 33 heavy (non-hydrogen) atoms. The summed E-state index contributed by atoms with van der Waals surface area (Å²) >= 11 is 0. The maximum Gasteiger partial charge on any atom is 0.253 e. The van der Waals surface area contributed by atoms with Crippen LogP contribution in [-0.4, -0.2) is 69.1 Å². The van der Waals surface area contributed by atoms with Gasteiger partial charge in [0.25, 0.3) is 5.56 Å². The predicted molar refractivity (Wildman–Crippen MR) is 120 cm³/mol. The van der Waals surface area contributed by atoms with Crippen LogP contribution in [-0.2, 0) is 11.3 Å². The monoisotopic (exact) mass is 452 g/mol. The van der Waals surface area contributed by atoms with Crippen LogP contribution in [0.15, 0.2) is 23.0 Å². The van der Waals surface area contributed by atoms with Crippen LogP contribution in [0.25, 0.3) is 10.9 Å². The molecule has 2 fully saturated rings. The molecule has 0 radical (unpaired) electrons. The van der Waals surface area contributed by atoms with E-state index in [-0.39, 0.29) is 17.7 Å². The van der Waals surface area contributed by atoms with Crippen LogP contribution in [0.4, 0.5) is 0 Å². The van der Waals surface area contributed by atoms with Crippen LogP contribution < -0.4 is 15.0 Å². The first-order chi connectivity index (χ1) is 16.3.